The Morgan fingerprint density at radius 1 is 1.04 bits per heavy atom. The third kappa shape index (κ3) is 2.79. The standard InChI is InChI=1S/C18H20N8/c1-12-10-19-13(2)17-20-15(22-26(12)17)11-24(3)18-21-16(23-25(18)4)14-8-6-5-7-9-14/h5-10H,11H2,1-4H3. The van der Waals surface area contributed by atoms with Crippen LogP contribution >= 0.6 is 0 Å². The number of hydrogen-bond donors (Lipinski definition) is 0. The maximum atomic E-state index is 4.67. The third-order valence-electron chi connectivity index (χ3n) is 4.25. The molecule has 0 N–H and O–H groups in total. The van der Waals surface area contributed by atoms with E-state index in [9.17, 15) is 0 Å². The Bertz CT molecular complexity index is 1020. The molecule has 0 saturated carbocycles. The summed E-state index contributed by atoms with van der Waals surface area (Å²) in [7, 11) is 3.85. The first-order valence-corrected chi connectivity index (χ1v) is 8.38. The molecule has 3 aromatic heterocycles. The molecule has 0 saturated heterocycles. The lowest BCUT2D eigenvalue weighted by molar-refractivity contribution is 0.715. The smallest absolute Gasteiger partial charge is 0.224 e. The fraction of sp³-hybridized carbons (Fsp3) is 0.278. The van der Waals surface area contributed by atoms with E-state index in [-0.39, 0.29) is 0 Å². The molecule has 0 spiro atoms. The predicted molar refractivity (Wildman–Crippen MR) is 98.8 cm³/mol. The Kier molecular flexibility index (Phi) is 3.87. The van der Waals surface area contributed by atoms with Gasteiger partial charge in [0.2, 0.25) is 5.95 Å². The molecular weight excluding hydrogens is 328 g/mol. The maximum absolute atomic E-state index is 4.67. The molecule has 4 rings (SSSR count). The van der Waals surface area contributed by atoms with Gasteiger partial charge in [-0.05, 0) is 13.8 Å². The summed E-state index contributed by atoms with van der Waals surface area (Å²) in [4.78, 5) is 15.6. The molecule has 0 radical (unpaired) electrons. The topological polar surface area (TPSA) is 77.0 Å². The molecule has 0 amide bonds. The fourth-order valence-corrected chi connectivity index (χ4v) is 2.91. The highest BCUT2D eigenvalue weighted by Crippen LogP contribution is 2.19. The molecule has 0 aliphatic heterocycles. The zero-order valence-electron chi connectivity index (χ0n) is 15.2. The lowest BCUT2D eigenvalue weighted by Gasteiger charge is -2.14. The second-order valence-corrected chi connectivity index (χ2v) is 6.33. The normalized spacial score (nSPS) is 11.2. The molecular formula is C18H20N8. The van der Waals surface area contributed by atoms with E-state index in [1.165, 1.54) is 0 Å². The van der Waals surface area contributed by atoms with Crippen molar-refractivity contribution in [2.75, 3.05) is 11.9 Å². The van der Waals surface area contributed by atoms with Crippen molar-refractivity contribution >= 4 is 11.6 Å². The highest BCUT2D eigenvalue weighted by molar-refractivity contribution is 5.56. The van der Waals surface area contributed by atoms with Crippen LogP contribution in [0.1, 0.15) is 17.2 Å². The number of benzene rings is 1. The van der Waals surface area contributed by atoms with E-state index in [4.69, 9.17) is 0 Å². The summed E-state index contributed by atoms with van der Waals surface area (Å²) >= 11 is 0. The number of rotatable bonds is 4. The summed E-state index contributed by atoms with van der Waals surface area (Å²) in [5.74, 6) is 2.18. The summed E-state index contributed by atoms with van der Waals surface area (Å²) in [6, 6.07) is 9.94. The van der Waals surface area contributed by atoms with Gasteiger partial charge < -0.3 is 4.90 Å². The van der Waals surface area contributed by atoms with Gasteiger partial charge in [-0.25, -0.2) is 14.2 Å². The fourth-order valence-electron chi connectivity index (χ4n) is 2.91. The summed E-state index contributed by atoms with van der Waals surface area (Å²) < 4.78 is 3.60. The van der Waals surface area contributed by atoms with Gasteiger partial charge in [-0.15, -0.1) is 10.2 Å². The predicted octanol–water partition coefficient (Wildman–Crippen LogP) is 2.17. The minimum atomic E-state index is 0.529. The minimum absolute atomic E-state index is 0.529. The van der Waals surface area contributed by atoms with Gasteiger partial charge in [-0.3, -0.25) is 4.98 Å². The van der Waals surface area contributed by atoms with E-state index in [0.717, 1.165) is 34.4 Å². The number of hydrogen-bond acceptors (Lipinski definition) is 6. The first kappa shape index (κ1) is 16.2. The molecule has 8 heteroatoms. The third-order valence-corrected chi connectivity index (χ3v) is 4.25. The van der Waals surface area contributed by atoms with Crippen LogP contribution in [0.25, 0.3) is 17.0 Å². The van der Waals surface area contributed by atoms with Crippen LogP contribution in [0, 0.1) is 13.8 Å². The molecule has 0 atom stereocenters. The largest absolute Gasteiger partial charge is 0.336 e. The molecule has 26 heavy (non-hydrogen) atoms. The van der Waals surface area contributed by atoms with Crippen molar-refractivity contribution < 1.29 is 0 Å². The summed E-state index contributed by atoms with van der Waals surface area (Å²) in [5, 5.41) is 9.12. The van der Waals surface area contributed by atoms with Crippen LogP contribution in [0.2, 0.25) is 0 Å². The molecule has 8 nitrogen and oxygen atoms in total. The number of fused-ring (bicyclic) bond motifs is 1. The van der Waals surface area contributed by atoms with Crippen molar-refractivity contribution in [3.63, 3.8) is 0 Å². The van der Waals surface area contributed by atoms with E-state index in [1.54, 1.807) is 10.9 Å². The monoisotopic (exact) mass is 348 g/mol. The Morgan fingerprint density at radius 3 is 2.54 bits per heavy atom. The summed E-state index contributed by atoms with van der Waals surface area (Å²) in [6.07, 6.45) is 1.80. The number of nitrogens with zero attached hydrogens (tertiary/aromatic N) is 8. The SMILES string of the molecule is Cc1ncc(C)n2nc(CN(C)c3nc(-c4ccccc4)nn3C)nc12. The minimum Gasteiger partial charge on any atom is -0.336 e. The first-order valence-electron chi connectivity index (χ1n) is 8.38. The van der Waals surface area contributed by atoms with Crippen molar-refractivity contribution in [3.05, 3.63) is 53.7 Å². The molecule has 0 unspecified atom stereocenters. The molecule has 132 valence electrons. The Morgan fingerprint density at radius 2 is 1.81 bits per heavy atom. The number of anilines is 1. The molecule has 3 heterocycles. The average molecular weight is 348 g/mol. The maximum Gasteiger partial charge on any atom is 0.224 e. The quantitative estimate of drug-likeness (QED) is 0.562. The molecule has 0 bridgehead atoms. The first-order chi connectivity index (χ1) is 12.5. The highest BCUT2D eigenvalue weighted by atomic mass is 15.4. The van der Waals surface area contributed by atoms with Gasteiger partial charge in [-0.2, -0.15) is 4.98 Å². The lowest BCUT2D eigenvalue weighted by Crippen LogP contribution is -2.21. The van der Waals surface area contributed by atoms with Crippen LogP contribution in [0.5, 0.6) is 0 Å². The van der Waals surface area contributed by atoms with Gasteiger partial charge >= 0.3 is 0 Å². The Balaban J connectivity index is 1.63. The molecule has 4 aromatic rings. The summed E-state index contributed by atoms with van der Waals surface area (Å²) in [5.41, 5.74) is 3.60. The van der Waals surface area contributed by atoms with Crippen molar-refractivity contribution in [2.24, 2.45) is 7.05 Å². The highest BCUT2D eigenvalue weighted by Gasteiger charge is 2.16. The molecule has 0 fully saturated rings. The second-order valence-electron chi connectivity index (χ2n) is 6.33. The Labute approximate surface area is 151 Å². The van der Waals surface area contributed by atoms with Gasteiger partial charge in [0.25, 0.3) is 0 Å². The van der Waals surface area contributed by atoms with Crippen molar-refractivity contribution in [1.29, 1.82) is 0 Å². The van der Waals surface area contributed by atoms with E-state index >= 15 is 0 Å². The van der Waals surface area contributed by atoms with Crippen LogP contribution in [-0.4, -0.2) is 41.4 Å². The van der Waals surface area contributed by atoms with Gasteiger partial charge in [-0.1, -0.05) is 30.3 Å². The van der Waals surface area contributed by atoms with Crippen LogP contribution in [-0.2, 0) is 13.6 Å². The van der Waals surface area contributed by atoms with Gasteiger partial charge in [0, 0.05) is 25.9 Å². The second kappa shape index (κ2) is 6.21. The van der Waals surface area contributed by atoms with Crippen LogP contribution < -0.4 is 4.90 Å². The summed E-state index contributed by atoms with van der Waals surface area (Å²) in [6.45, 7) is 4.43. The van der Waals surface area contributed by atoms with Crippen molar-refractivity contribution in [1.82, 2.24) is 34.3 Å². The number of aromatic nitrogens is 7. The van der Waals surface area contributed by atoms with Crippen molar-refractivity contribution in [2.45, 2.75) is 20.4 Å². The van der Waals surface area contributed by atoms with Gasteiger partial charge in [0.05, 0.1) is 17.9 Å². The van der Waals surface area contributed by atoms with Crippen LogP contribution in [0.15, 0.2) is 36.5 Å². The van der Waals surface area contributed by atoms with Crippen LogP contribution in [0.3, 0.4) is 0 Å². The number of aryl methyl sites for hydroxylation is 3. The van der Waals surface area contributed by atoms with E-state index < -0.39 is 0 Å². The molecule has 0 aliphatic carbocycles. The van der Waals surface area contributed by atoms with Gasteiger partial charge in [0.15, 0.2) is 17.3 Å². The van der Waals surface area contributed by atoms with E-state index in [0.29, 0.717) is 12.4 Å². The molecule has 1 aromatic carbocycles. The van der Waals surface area contributed by atoms with Crippen LogP contribution in [0.4, 0.5) is 5.95 Å². The van der Waals surface area contributed by atoms with Gasteiger partial charge in [0.1, 0.15) is 0 Å². The van der Waals surface area contributed by atoms with E-state index in [2.05, 4.69) is 25.1 Å². The van der Waals surface area contributed by atoms with E-state index in [1.807, 2.05) is 67.7 Å². The van der Waals surface area contributed by atoms with Crippen molar-refractivity contribution in [3.8, 4) is 11.4 Å². The molecule has 0 aliphatic rings. The zero-order chi connectivity index (χ0) is 18.3. The Hall–Kier alpha value is -3.29. The average Bonchev–Trinajstić information content (AvgIpc) is 3.23. The lowest BCUT2D eigenvalue weighted by atomic mass is 10.2. The zero-order valence-corrected chi connectivity index (χ0v) is 15.2.